The Labute approximate surface area is 191 Å². The summed E-state index contributed by atoms with van der Waals surface area (Å²) in [5.41, 5.74) is -0.0908. The van der Waals surface area contributed by atoms with Crippen LogP contribution in [0.15, 0.2) is 18.2 Å². The van der Waals surface area contributed by atoms with Crippen LogP contribution in [0.25, 0.3) is 11.4 Å². The lowest BCUT2D eigenvalue weighted by Crippen LogP contribution is -2.54. The van der Waals surface area contributed by atoms with Crippen LogP contribution in [-0.4, -0.2) is 59.1 Å². The molecule has 0 radical (unpaired) electrons. The highest BCUT2D eigenvalue weighted by Crippen LogP contribution is 2.29. The van der Waals surface area contributed by atoms with E-state index in [-0.39, 0.29) is 23.6 Å². The van der Waals surface area contributed by atoms with E-state index in [4.69, 9.17) is 0 Å². The van der Waals surface area contributed by atoms with Gasteiger partial charge in [0.15, 0.2) is 5.69 Å². The first-order chi connectivity index (χ1) is 15.5. The molecule has 1 aromatic carbocycles. The van der Waals surface area contributed by atoms with Crippen molar-refractivity contribution in [1.82, 2.24) is 25.1 Å². The molecule has 0 aliphatic carbocycles. The minimum Gasteiger partial charge on any atom is -0.352 e. The molecule has 0 fully saturated rings. The standard InChI is InChI=1S/C23H30F3N5O2/c1-23(2,3)19(22(33)27-9-8-24)29-21(32)18-17-13-30(4)10-5-11-31(17)20(28-18)15-12-14(25)6-7-16(15)26/h6-7,12,19H,5,8-11,13H2,1-4H3,(H,27,33)(H,29,32)/t19-/m1/s1. The third-order valence-corrected chi connectivity index (χ3v) is 5.60. The zero-order valence-corrected chi connectivity index (χ0v) is 19.3. The van der Waals surface area contributed by atoms with E-state index in [1.54, 1.807) is 25.3 Å². The largest absolute Gasteiger partial charge is 0.352 e. The molecule has 1 aliphatic rings. The van der Waals surface area contributed by atoms with Crippen molar-refractivity contribution in [3.63, 3.8) is 0 Å². The van der Waals surface area contributed by atoms with E-state index < -0.39 is 41.6 Å². The molecule has 0 bridgehead atoms. The number of halogens is 3. The fraction of sp³-hybridized carbons (Fsp3) is 0.522. The molecule has 1 aliphatic heterocycles. The van der Waals surface area contributed by atoms with Gasteiger partial charge in [-0.2, -0.15) is 0 Å². The highest BCUT2D eigenvalue weighted by molar-refractivity contribution is 5.98. The van der Waals surface area contributed by atoms with Gasteiger partial charge in [-0.3, -0.25) is 9.59 Å². The third kappa shape index (κ3) is 5.55. The van der Waals surface area contributed by atoms with Gasteiger partial charge in [-0.25, -0.2) is 18.2 Å². The SMILES string of the molecule is CN1CCCn2c(-c3cc(F)ccc3F)nc(C(=O)N[C@H](C(=O)NCCF)C(C)(C)C)c2C1. The molecule has 1 aromatic heterocycles. The van der Waals surface area contributed by atoms with Crippen LogP contribution in [-0.2, 0) is 17.9 Å². The van der Waals surface area contributed by atoms with Gasteiger partial charge in [-0.1, -0.05) is 20.8 Å². The first kappa shape index (κ1) is 24.8. The van der Waals surface area contributed by atoms with Crippen molar-refractivity contribution >= 4 is 11.8 Å². The van der Waals surface area contributed by atoms with Gasteiger partial charge in [-0.15, -0.1) is 0 Å². The minimum atomic E-state index is -0.952. The Hall–Kier alpha value is -2.88. The molecule has 0 unspecified atom stereocenters. The van der Waals surface area contributed by atoms with Crippen molar-refractivity contribution in [2.75, 3.05) is 26.8 Å². The van der Waals surface area contributed by atoms with Crippen molar-refractivity contribution in [1.29, 1.82) is 0 Å². The van der Waals surface area contributed by atoms with E-state index in [1.807, 2.05) is 11.9 Å². The van der Waals surface area contributed by atoms with Gasteiger partial charge in [0.05, 0.1) is 11.3 Å². The highest BCUT2D eigenvalue weighted by Gasteiger charge is 2.35. The van der Waals surface area contributed by atoms with Crippen molar-refractivity contribution in [2.45, 2.75) is 46.3 Å². The number of imidazole rings is 1. The fourth-order valence-corrected chi connectivity index (χ4v) is 3.92. The van der Waals surface area contributed by atoms with Crippen LogP contribution in [0.5, 0.6) is 0 Å². The molecule has 180 valence electrons. The summed E-state index contributed by atoms with van der Waals surface area (Å²) in [5.74, 6) is -2.21. The number of carbonyl (C=O) groups is 2. The summed E-state index contributed by atoms with van der Waals surface area (Å²) in [4.78, 5) is 32.4. The molecule has 2 N–H and O–H groups in total. The number of rotatable bonds is 6. The maximum Gasteiger partial charge on any atom is 0.272 e. The zero-order valence-electron chi connectivity index (χ0n) is 19.3. The van der Waals surface area contributed by atoms with E-state index in [1.165, 1.54) is 0 Å². The molecule has 0 saturated heterocycles. The molecular formula is C23H30F3N5O2. The summed E-state index contributed by atoms with van der Waals surface area (Å²) < 4.78 is 42.8. The van der Waals surface area contributed by atoms with Crippen LogP contribution in [0.4, 0.5) is 13.2 Å². The van der Waals surface area contributed by atoms with Gasteiger partial charge in [0, 0.05) is 19.6 Å². The van der Waals surface area contributed by atoms with Crippen LogP contribution in [0.1, 0.15) is 43.4 Å². The molecular weight excluding hydrogens is 435 g/mol. The third-order valence-electron chi connectivity index (χ3n) is 5.60. The van der Waals surface area contributed by atoms with Crippen molar-refractivity contribution in [3.05, 3.63) is 41.2 Å². The van der Waals surface area contributed by atoms with Gasteiger partial charge in [0.2, 0.25) is 5.91 Å². The molecule has 33 heavy (non-hydrogen) atoms. The zero-order chi connectivity index (χ0) is 24.3. The Morgan fingerprint density at radius 3 is 2.61 bits per heavy atom. The summed E-state index contributed by atoms with van der Waals surface area (Å²) in [6, 6.07) is 2.16. The Bertz CT molecular complexity index is 1030. The van der Waals surface area contributed by atoms with Crippen LogP contribution < -0.4 is 10.6 Å². The predicted octanol–water partition coefficient (Wildman–Crippen LogP) is 2.89. The Balaban J connectivity index is 2.04. The van der Waals surface area contributed by atoms with Crippen LogP contribution >= 0.6 is 0 Å². The van der Waals surface area contributed by atoms with E-state index in [0.29, 0.717) is 18.8 Å². The number of carbonyl (C=O) groups excluding carboxylic acids is 2. The number of nitrogens with zero attached hydrogens (tertiary/aromatic N) is 3. The van der Waals surface area contributed by atoms with E-state index in [0.717, 1.165) is 31.2 Å². The molecule has 10 heteroatoms. The summed E-state index contributed by atoms with van der Waals surface area (Å²) in [6.07, 6.45) is 0.737. The quantitative estimate of drug-likeness (QED) is 0.688. The van der Waals surface area contributed by atoms with Gasteiger partial charge >= 0.3 is 0 Å². The molecule has 2 heterocycles. The first-order valence-electron chi connectivity index (χ1n) is 10.9. The van der Waals surface area contributed by atoms with Crippen molar-refractivity contribution in [3.8, 4) is 11.4 Å². The number of alkyl halides is 1. The van der Waals surface area contributed by atoms with Gasteiger partial charge in [0.25, 0.3) is 5.91 Å². The van der Waals surface area contributed by atoms with Crippen molar-refractivity contribution in [2.24, 2.45) is 5.41 Å². The molecule has 2 amide bonds. The Morgan fingerprint density at radius 1 is 1.21 bits per heavy atom. The maximum absolute atomic E-state index is 14.6. The van der Waals surface area contributed by atoms with E-state index in [9.17, 15) is 22.8 Å². The van der Waals surface area contributed by atoms with E-state index >= 15 is 0 Å². The second kappa shape index (κ2) is 9.94. The van der Waals surface area contributed by atoms with Gasteiger partial charge in [0.1, 0.15) is 30.2 Å². The Kier molecular flexibility index (Phi) is 7.46. The van der Waals surface area contributed by atoms with Crippen LogP contribution in [0, 0.1) is 17.0 Å². The molecule has 3 rings (SSSR count). The fourth-order valence-electron chi connectivity index (χ4n) is 3.92. The summed E-state index contributed by atoms with van der Waals surface area (Å²) in [5, 5.41) is 5.19. The summed E-state index contributed by atoms with van der Waals surface area (Å²) >= 11 is 0. The van der Waals surface area contributed by atoms with Gasteiger partial charge < -0.3 is 20.1 Å². The summed E-state index contributed by atoms with van der Waals surface area (Å²) in [6.45, 7) is 6.07. The number of amides is 2. The average molecular weight is 466 g/mol. The van der Waals surface area contributed by atoms with Crippen LogP contribution in [0.3, 0.4) is 0 Å². The molecule has 2 aromatic rings. The monoisotopic (exact) mass is 465 g/mol. The second-order valence-electron chi connectivity index (χ2n) is 9.35. The second-order valence-corrected chi connectivity index (χ2v) is 9.35. The first-order valence-corrected chi connectivity index (χ1v) is 10.9. The topological polar surface area (TPSA) is 79.3 Å². The number of aromatic nitrogens is 2. The van der Waals surface area contributed by atoms with Crippen LogP contribution in [0.2, 0.25) is 0 Å². The molecule has 0 saturated carbocycles. The van der Waals surface area contributed by atoms with Gasteiger partial charge in [-0.05, 0) is 43.6 Å². The predicted molar refractivity (Wildman–Crippen MR) is 118 cm³/mol. The molecule has 1 atom stereocenters. The normalized spacial score (nSPS) is 15.5. The maximum atomic E-state index is 14.6. The number of hydrogen-bond acceptors (Lipinski definition) is 4. The highest BCUT2D eigenvalue weighted by atomic mass is 19.1. The lowest BCUT2D eigenvalue weighted by molar-refractivity contribution is -0.125. The Morgan fingerprint density at radius 2 is 1.94 bits per heavy atom. The summed E-state index contributed by atoms with van der Waals surface area (Å²) in [7, 11) is 1.90. The minimum absolute atomic E-state index is 0.0343. The molecule has 0 spiro atoms. The molecule has 7 nitrogen and oxygen atoms in total. The smallest absolute Gasteiger partial charge is 0.272 e. The average Bonchev–Trinajstić information content (AvgIpc) is 2.97. The number of fused-ring (bicyclic) bond motifs is 1. The van der Waals surface area contributed by atoms with Crippen molar-refractivity contribution < 1.29 is 22.8 Å². The number of nitrogens with one attached hydrogen (secondary N) is 2. The number of hydrogen-bond donors (Lipinski definition) is 2. The lowest BCUT2D eigenvalue weighted by atomic mass is 9.86. The lowest BCUT2D eigenvalue weighted by Gasteiger charge is -2.30. The van der Waals surface area contributed by atoms with E-state index in [2.05, 4.69) is 15.6 Å². The number of benzene rings is 1.